The van der Waals surface area contributed by atoms with E-state index in [1.807, 2.05) is 6.08 Å². The van der Waals surface area contributed by atoms with Gasteiger partial charge in [0.15, 0.2) is 0 Å². The van der Waals surface area contributed by atoms with E-state index >= 15 is 0 Å². The predicted octanol–water partition coefficient (Wildman–Crippen LogP) is 4.70. The minimum atomic E-state index is -0.207. The van der Waals surface area contributed by atoms with Crippen molar-refractivity contribution in [2.45, 2.75) is 97.2 Å². The molecule has 0 spiro atoms. The molecule has 184 valence electrons. The van der Waals surface area contributed by atoms with Crippen molar-refractivity contribution in [1.29, 1.82) is 0 Å². The molecule has 10 atom stereocenters. The largest absolute Gasteiger partial charge is 0.393 e. The van der Waals surface area contributed by atoms with Gasteiger partial charge in [0.25, 0.3) is 0 Å². The van der Waals surface area contributed by atoms with E-state index in [1.165, 1.54) is 25.7 Å². The van der Waals surface area contributed by atoms with Crippen molar-refractivity contribution in [2.24, 2.45) is 46.3 Å². The van der Waals surface area contributed by atoms with E-state index in [-0.39, 0.29) is 24.7 Å². The van der Waals surface area contributed by atoms with E-state index in [9.17, 15) is 15.0 Å². The Kier molecular flexibility index (Phi) is 7.32. The Bertz CT molecular complexity index is 786. The zero-order valence-corrected chi connectivity index (χ0v) is 20.9. The van der Waals surface area contributed by atoms with E-state index in [4.69, 9.17) is 6.42 Å². The number of carbonyl (C=O) groups excluding carboxylic acids is 1. The number of allylic oxidation sites excluding steroid dienone is 1. The molecule has 0 aromatic rings. The molecule has 4 fully saturated rings. The zero-order chi connectivity index (χ0) is 23.8. The molecule has 0 heterocycles. The van der Waals surface area contributed by atoms with Gasteiger partial charge in [0, 0.05) is 0 Å². The lowest BCUT2D eigenvalue weighted by atomic mass is 9.43. The van der Waals surface area contributed by atoms with E-state index in [0.29, 0.717) is 46.3 Å². The molecule has 0 aromatic heterocycles. The average Bonchev–Trinajstić information content (AvgIpc) is 3.13. The Morgan fingerprint density at radius 1 is 1.12 bits per heavy atom. The second-order valence-electron chi connectivity index (χ2n) is 12.3. The van der Waals surface area contributed by atoms with Gasteiger partial charge in [-0.3, -0.25) is 4.79 Å². The van der Waals surface area contributed by atoms with Gasteiger partial charge >= 0.3 is 0 Å². The smallest absolute Gasteiger partial charge is 0.244 e. The van der Waals surface area contributed by atoms with Gasteiger partial charge in [-0.2, -0.15) is 0 Å². The van der Waals surface area contributed by atoms with Crippen LogP contribution in [0.4, 0.5) is 0 Å². The standard InChI is InChI=1S/C29H45NO3/c1-5-16-30-26(33)9-7-6-8-19(2)22-10-11-23-27-24(13-15-29(22,23)4)28(3)14-12-21(31)17-20(28)18-25(27)32/h1,7,9,19-25,27,31-32H,6,8,10-18H2,2-4H3,(H,30,33)/b9-7+/t19-,20+,21-,22-,23+,24+,25?,27+,28+,29-/m1/s1. The summed E-state index contributed by atoms with van der Waals surface area (Å²) < 4.78 is 0. The Morgan fingerprint density at radius 2 is 1.85 bits per heavy atom. The van der Waals surface area contributed by atoms with Gasteiger partial charge in [0.2, 0.25) is 5.91 Å². The number of terminal acetylenes is 1. The van der Waals surface area contributed by atoms with Gasteiger partial charge in [0.1, 0.15) is 0 Å². The lowest BCUT2D eigenvalue weighted by molar-refractivity contribution is -0.174. The summed E-state index contributed by atoms with van der Waals surface area (Å²) >= 11 is 0. The van der Waals surface area contributed by atoms with E-state index in [0.717, 1.165) is 38.5 Å². The minimum absolute atomic E-state index is 0.111. The molecule has 1 amide bonds. The van der Waals surface area contributed by atoms with Crippen LogP contribution in [0.3, 0.4) is 0 Å². The molecule has 33 heavy (non-hydrogen) atoms. The first-order chi connectivity index (χ1) is 15.7. The summed E-state index contributed by atoms with van der Waals surface area (Å²) in [6, 6.07) is 0. The molecule has 0 radical (unpaired) electrons. The zero-order valence-electron chi connectivity index (χ0n) is 20.9. The molecule has 4 saturated carbocycles. The molecule has 4 aliphatic carbocycles. The van der Waals surface area contributed by atoms with Crippen molar-refractivity contribution in [1.82, 2.24) is 5.32 Å². The summed E-state index contributed by atoms with van der Waals surface area (Å²) in [5.74, 6) is 5.75. The van der Waals surface area contributed by atoms with Crippen LogP contribution >= 0.6 is 0 Å². The molecular formula is C29H45NO3. The second kappa shape index (κ2) is 9.74. The number of nitrogens with one attached hydrogen (secondary N) is 1. The summed E-state index contributed by atoms with van der Waals surface area (Å²) in [4.78, 5) is 11.7. The van der Waals surface area contributed by atoms with Crippen LogP contribution in [0.25, 0.3) is 0 Å². The number of amides is 1. The van der Waals surface area contributed by atoms with Crippen molar-refractivity contribution < 1.29 is 15.0 Å². The first-order valence-corrected chi connectivity index (χ1v) is 13.4. The maximum atomic E-state index is 11.7. The van der Waals surface area contributed by atoms with Crippen LogP contribution in [0.1, 0.15) is 85.0 Å². The number of rotatable bonds is 6. The molecule has 1 unspecified atom stereocenters. The van der Waals surface area contributed by atoms with Crippen molar-refractivity contribution in [3.05, 3.63) is 12.2 Å². The van der Waals surface area contributed by atoms with Gasteiger partial charge < -0.3 is 15.5 Å². The third-order valence-electron chi connectivity index (χ3n) is 10.8. The molecule has 0 saturated heterocycles. The second-order valence-corrected chi connectivity index (χ2v) is 12.3. The highest BCUT2D eigenvalue weighted by Crippen LogP contribution is 2.68. The van der Waals surface area contributed by atoms with Crippen molar-refractivity contribution >= 4 is 5.91 Å². The maximum absolute atomic E-state index is 11.7. The summed E-state index contributed by atoms with van der Waals surface area (Å²) in [7, 11) is 0. The van der Waals surface area contributed by atoms with Gasteiger partial charge in [-0.15, -0.1) is 6.42 Å². The normalized spacial score (nSPS) is 45.5. The highest BCUT2D eigenvalue weighted by molar-refractivity contribution is 5.87. The Hall–Kier alpha value is -1.31. The van der Waals surface area contributed by atoms with E-state index in [1.54, 1.807) is 6.08 Å². The molecule has 4 rings (SSSR count). The summed E-state index contributed by atoms with van der Waals surface area (Å²) in [6.45, 7) is 7.68. The van der Waals surface area contributed by atoms with Crippen LogP contribution in [0, 0.1) is 58.7 Å². The van der Waals surface area contributed by atoms with Gasteiger partial charge in [-0.25, -0.2) is 0 Å². The summed E-state index contributed by atoms with van der Waals surface area (Å²) in [6.07, 6.45) is 19.3. The van der Waals surface area contributed by atoms with Crippen molar-refractivity contribution in [3.63, 3.8) is 0 Å². The third kappa shape index (κ3) is 4.53. The number of aliphatic hydroxyl groups excluding tert-OH is 2. The van der Waals surface area contributed by atoms with E-state index in [2.05, 4.69) is 32.0 Å². The van der Waals surface area contributed by atoms with Crippen molar-refractivity contribution in [2.75, 3.05) is 6.54 Å². The molecule has 0 aromatic carbocycles. The van der Waals surface area contributed by atoms with Crippen LogP contribution in [-0.2, 0) is 4.79 Å². The lowest BCUT2D eigenvalue weighted by Gasteiger charge is -2.62. The maximum Gasteiger partial charge on any atom is 0.244 e. The molecule has 0 bridgehead atoms. The molecular weight excluding hydrogens is 410 g/mol. The highest BCUT2D eigenvalue weighted by atomic mass is 16.3. The number of carbonyl (C=O) groups is 1. The first kappa shape index (κ1) is 24.8. The number of hydrogen-bond acceptors (Lipinski definition) is 3. The van der Waals surface area contributed by atoms with E-state index < -0.39 is 0 Å². The van der Waals surface area contributed by atoms with Crippen LogP contribution < -0.4 is 5.32 Å². The first-order valence-electron chi connectivity index (χ1n) is 13.4. The fraction of sp³-hybridized carbons (Fsp3) is 0.828. The van der Waals surface area contributed by atoms with Crippen LogP contribution in [-0.4, -0.2) is 34.9 Å². The number of hydrogen-bond donors (Lipinski definition) is 3. The SMILES string of the molecule is C#CCNC(=O)/C=C/CC[C@@H](C)[C@H]1CC[C@H]2[C@@H]3C(O)C[C@@H]4C[C@H](O)CC[C@]4(C)[C@H]3CC[C@]12C. The summed E-state index contributed by atoms with van der Waals surface area (Å²) in [5, 5.41) is 24.3. The quantitative estimate of drug-likeness (QED) is 0.402. The highest BCUT2D eigenvalue weighted by Gasteiger charge is 2.62. The molecule has 4 heteroatoms. The minimum Gasteiger partial charge on any atom is -0.393 e. The fourth-order valence-corrected chi connectivity index (χ4v) is 9.12. The van der Waals surface area contributed by atoms with Gasteiger partial charge in [-0.05, 0) is 117 Å². The predicted molar refractivity (Wildman–Crippen MR) is 132 cm³/mol. The number of fused-ring (bicyclic) bond motifs is 5. The van der Waals surface area contributed by atoms with Gasteiger partial charge in [0.05, 0.1) is 18.8 Å². The van der Waals surface area contributed by atoms with Crippen LogP contribution in [0.2, 0.25) is 0 Å². The molecule has 0 aliphatic heterocycles. The average molecular weight is 456 g/mol. The molecule has 3 N–H and O–H groups in total. The fourth-order valence-electron chi connectivity index (χ4n) is 9.12. The molecule has 4 aliphatic rings. The van der Waals surface area contributed by atoms with Crippen LogP contribution in [0.5, 0.6) is 0 Å². The van der Waals surface area contributed by atoms with Gasteiger partial charge in [-0.1, -0.05) is 32.8 Å². The Balaban J connectivity index is 1.41. The summed E-state index contributed by atoms with van der Waals surface area (Å²) in [5.41, 5.74) is 0.603. The Morgan fingerprint density at radius 3 is 2.61 bits per heavy atom. The monoisotopic (exact) mass is 455 g/mol. The van der Waals surface area contributed by atoms with Crippen LogP contribution in [0.15, 0.2) is 12.2 Å². The lowest BCUT2D eigenvalue weighted by Crippen LogP contribution is -2.58. The van der Waals surface area contributed by atoms with Crippen molar-refractivity contribution in [3.8, 4) is 12.3 Å². The molecule has 4 nitrogen and oxygen atoms in total. The topological polar surface area (TPSA) is 69.6 Å². The number of aliphatic hydroxyl groups is 2. The third-order valence-corrected chi connectivity index (χ3v) is 10.8. The Labute approximate surface area is 201 Å².